The maximum Gasteiger partial charge on any atom is 0.242 e. The number of rotatable bonds is 13. The number of nitrogens with zero attached hydrogens (tertiary/aromatic N) is 2. The molecule has 0 fully saturated rings. The molecule has 1 N–H and O–H groups in total. The Hall–Kier alpha value is -2.87. The number of nitrogens with one attached hydrogen (secondary N) is 1. The number of carbonyl (C=O) groups is 2. The fraction of sp³-hybridized carbons (Fsp3) is 0.462. The molecule has 0 aliphatic rings. The number of carbonyl (C=O) groups excluding carboxylic acids is 2. The van der Waals surface area contributed by atoms with Crippen LogP contribution < -0.4 is 9.62 Å². The molecule has 0 aliphatic heterocycles. The Balaban J connectivity index is 2.16. The van der Waals surface area contributed by atoms with E-state index < -0.39 is 16.1 Å². The summed E-state index contributed by atoms with van der Waals surface area (Å²) in [4.78, 5) is 27.7. The number of anilines is 1. The van der Waals surface area contributed by atoms with Gasteiger partial charge in [0, 0.05) is 26.1 Å². The molecular formula is C26H37N3O4S. The first-order valence-electron chi connectivity index (χ1n) is 11.8. The van der Waals surface area contributed by atoms with E-state index in [9.17, 15) is 18.0 Å². The first-order valence-corrected chi connectivity index (χ1v) is 13.7. The third-order valence-electron chi connectivity index (χ3n) is 5.61. The third-order valence-corrected chi connectivity index (χ3v) is 6.80. The molecule has 0 bridgehead atoms. The van der Waals surface area contributed by atoms with Crippen LogP contribution in [0.3, 0.4) is 0 Å². The van der Waals surface area contributed by atoms with Crippen molar-refractivity contribution in [2.24, 2.45) is 0 Å². The van der Waals surface area contributed by atoms with Crippen LogP contribution in [0.15, 0.2) is 54.6 Å². The zero-order valence-corrected chi connectivity index (χ0v) is 21.5. The number of hydrogen-bond donors (Lipinski definition) is 1. The Morgan fingerprint density at radius 1 is 1.00 bits per heavy atom. The van der Waals surface area contributed by atoms with Crippen LogP contribution in [0.25, 0.3) is 0 Å². The van der Waals surface area contributed by atoms with Crippen molar-refractivity contribution >= 4 is 27.5 Å². The average molecular weight is 488 g/mol. The van der Waals surface area contributed by atoms with Gasteiger partial charge in [0.1, 0.15) is 6.04 Å². The van der Waals surface area contributed by atoms with E-state index in [1.165, 1.54) is 10.6 Å². The lowest BCUT2D eigenvalue weighted by Gasteiger charge is -2.31. The highest BCUT2D eigenvalue weighted by molar-refractivity contribution is 7.92. The molecule has 0 radical (unpaired) electrons. The van der Waals surface area contributed by atoms with Crippen LogP contribution in [0.4, 0.5) is 5.69 Å². The van der Waals surface area contributed by atoms with Crippen LogP contribution in [0.5, 0.6) is 0 Å². The van der Waals surface area contributed by atoms with Crippen LogP contribution in [-0.2, 0) is 26.2 Å². The van der Waals surface area contributed by atoms with Gasteiger partial charge < -0.3 is 10.2 Å². The van der Waals surface area contributed by atoms with E-state index >= 15 is 0 Å². The monoisotopic (exact) mass is 487 g/mol. The number of sulfonamides is 1. The Morgan fingerprint density at radius 3 is 2.21 bits per heavy atom. The molecular weight excluding hydrogens is 450 g/mol. The van der Waals surface area contributed by atoms with Crippen LogP contribution in [0.2, 0.25) is 0 Å². The van der Waals surface area contributed by atoms with Crippen molar-refractivity contribution in [3.8, 4) is 0 Å². The summed E-state index contributed by atoms with van der Waals surface area (Å²) in [5.41, 5.74) is 2.55. The van der Waals surface area contributed by atoms with E-state index in [2.05, 4.69) is 5.32 Å². The molecule has 186 valence electrons. The molecule has 8 heteroatoms. The molecule has 34 heavy (non-hydrogen) atoms. The lowest BCUT2D eigenvalue weighted by atomic mass is 10.1. The van der Waals surface area contributed by atoms with Gasteiger partial charge >= 0.3 is 0 Å². The van der Waals surface area contributed by atoms with Gasteiger partial charge in [0.2, 0.25) is 21.8 Å². The Kier molecular flexibility index (Phi) is 10.6. The molecule has 0 spiro atoms. The summed E-state index contributed by atoms with van der Waals surface area (Å²) in [6.45, 7) is 6.88. The maximum absolute atomic E-state index is 13.3. The number of hydrogen-bond acceptors (Lipinski definition) is 4. The van der Waals surface area contributed by atoms with Gasteiger partial charge in [-0.15, -0.1) is 0 Å². The lowest BCUT2D eigenvalue weighted by Crippen LogP contribution is -2.49. The van der Waals surface area contributed by atoms with Crippen molar-refractivity contribution in [1.82, 2.24) is 10.2 Å². The van der Waals surface area contributed by atoms with E-state index in [4.69, 9.17) is 0 Å². The van der Waals surface area contributed by atoms with Crippen LogP contribution >= 0.6 is 0 Å². The molecule has 0 aromatic heterocycles. The minimum absolute atomic E-state index is 0.141. The second-order valence-electron chi connectivity index (χ2n) is 8.50. The molecule has 0 unspecified atom stereocenters. The first-order chi connectivity index (χ1) is 16.2. The smallest absolute Gasteiger partial charge is 0.242 e. The van der Waals surface area contributed by atoms with Crippen molar-refractivity contribution in [3.05, 3.63) is 65.7 Å². The zero-order chi connectivity index (χ0) is 25.1. The third kappa shape index (κ3) is 8.17. The van der Waals surface area contributed by atoms with Gasteiger partial charge in [-0.3, -0.25) is 13.9 Å². The van der Waals surface area contributed by atoms with Gasteiger partial charge in [0.15, 0.2) is 0 Å². The minimum Gasteiger partial charge on any atom is -0.354 e. The van der Waals surface area contributed by atoms with E-state index in [1.807, 2.05) is 63.2 Å². The number of aryl methyl sites for hydroxylation is 1. The van der Waals surface area contributed by atoms with Crippen molar-refractivity contribution in [3.63, 3.8) is 0 Å². The summed E-state index contributed by atoms with van der Waals surface area (Å²) in [7, 11) is -3.50. The summed E-state index contributed by atoms with van der Waals surface area (Å²) in [5, 5.41) is 2.90. The van der Waals surface area contributed by atoms with E-state index in [1.54, 1.807) is 17.0 Å². The Morgan fingerprint density at radius 2 is 1.65 bits per heavy atom. The normalized spacial score (nSPS) is 12.1. The highest BCUT2D eigenvalue weighted by Gasteiger charge is 2.28. The summed E-state index contributed by atoms with van der Waals surface area (Å²) in [6.07, 6.45) is 2.96. The second kappa shape index (κ2) is 13.1. The molecule has 2 aromatic rings. The quantitative estimate of drug-likeness (QED) is 0.465. The predicted molar refractivity (Wildman–Crippen MR) is 137 cm³/mol. The highest BCUT2D eigenvalue weighted by Crippen LogP contribution is 2.20. The molecule has 0 heterocycles. The topological polar surface area (TPSA) is 86.8 Å². The summed E-state index contributed by atoms with van der Waals surface area (Å²) in [5.74, 6) is -0.328. The Labute approximate surface area is 204 Å². The summed E-state index contributed by atoms with van der Waals surface area (Å²) < 4.78 is 26.1. The van der Waals surface area contributed by atoms with Crippen LogP contribution in [0, 0.1) is 6.92 Å². The fourth-order valence-electron chi connectivity index (χ4n) is 3.78. The van der Waals surface area contributed by atoms with Gasteiger partial charge in [0.25, 0.3) is 0 Å². The van der Waals surface area contributed by atoms with Crippen molar-refractivity contribution in [2.75, 3.05) is 23.7 Å². The maximum atomic E-state index is 13.3. The largest absolute Gasteiger partial charge is 0.354 e. The Bertz CT molecular complexity index is 1020. The number of amides is 2. The van der Waals surface area contributed by atoms with Gasteiger partial charge in [-0.1, -0.05) is 61.9 Å². The van der Waals surface area contributed by atoms with Crippen molar-refractivity contribution in [2.45, 2.75) is 59.0 Å². The lowest BCUT2D eigenvalue weighted by molar-refractivity contribution is -0.141. The van der Waals surface area contributed by atoms with Gasteiger partial charge in [-0.05, 0) is 43.9 Å². The van der Waals surface area contributed by atoms with Crippen LogP contribution in [0.1, 0.15) is 50.7 Å². The summed E-state index contributed by atoms with van der Waals surface area (Å²) >= 11 is 0. The highest BCUT2D eigenvalue weighted by atomic mass is 32.2. The minimum atomic E-state index is -3.50. The fourth-order valence-corrected chi connectivity index (χ4v) is 4.75. The number of benzene rings is 2. The molecule has 1 atom stereocenters. The van der Waals surface area contributed by atoms with Crippen LogP contribution in [-0.4, -0.2) is 50.5 Å². The summed E-state index contributed by atoms with van der Waals surface area (Å²) in [6, 6.07) is 16.3. The molecule has 2 rings (SSSR count). The molecule has 2 amide bonds. The van der Waals surface area contributed by atoms with Gasteiger partial charge in [-0.25, -0.2) is 8.42 Å². The van der Waals surface area contributed by atoms with Gasteiger partial charge in [-0.2, -0.15) is 0 Å². The van der Waals surface area contributed by atoms with Crippen molar-refractivity contribution in [1.29, 1.82) is 0 Å². The van der Waals surface area contributed by atoms with Gasteiger partial charge in [0.05, 0.1) is 11.9 Å². The predicted octanol–water partition coefficient (Wildman–Crippen LogP) is 3.87. The molecule has 0 aliphatic carbocycles. The average Bonchev–Trinajstić information content (AvgIpc) is 2.81. The standard InChI is InChI=1S/C26H37N3O4S/c1-5-18-27-26(31)24(6-2)28(20-22-11-8-7-9-12-22)25(30)13-10-19-29(34(4,32)33)23-16-14-21(3)15-17-23/h7-9,11-12,14-17,24H,5-6,10,13,18-20H2,1-4H3,(H,27,31)/t24-/m1/s1. The molecule has 0 saturated heterocycles. The second-order valence-corrected chi connectivity index (χ2v) is 10.4. The van der Waals surface area contributed by atoms with E-state index in [-0.39, 0.29) is 24.8 Å². The first kappa shape index (κ1) is 27.4. The molecule has 0 saturated carbocycles. The molecule has 7 nitrogen and oxygen atoms in total. The SMILES string of the molecule is CCCNC(=O)[C@@H](CC)N(Cc1ccccc1)C(=O)CCCN(c1ccc(C)cc1)S(C)(=O)=O. The van der Waals surface area contributed by atoms with E-state index in [0.29, 0.717) is 31.6 Å². The molecule has 2 aromatic carbocycles. The van der Waals surface area contributed by atoms with E-state index in [0.717, 1.165) is 17.5 Å². The zero-order valence-electron chi connectivity index (χ0n) is 20.7. The van der Waals surface area contributed by atoms with Crippen molar-refractivity contribution < 1.29 is 18.0 Å².